The summed E-state index contributed by atoms with van der Waals surface area (Å²) in [5, 5.41) is 0. The Hall–Kier alpha value is -0.790. The second-order valence-electron chi connectivity index (χ2n) is 8.40. The van der Waals surface area contributed by atoms with Crippen LogP contribution in [0.15, 0.2) is 12.4 Å². The van der Waals surface area contributed by atoms with Crippen molar-refractivity contribution in [2.75, 3.05) is 0 Å². The molecule has 0 aromatic carbocycles. The lowest BCUT2D eigenvalue weighted by molar-refractivity contribution is -0.704. The molecule has 0 radical (unpaired) electrons. The number of unbranched alkanes of at least 4 members (excludes halogenated alkanes) is 12. The van der Waals surface area contributed by atoms with Crippen LogP contribution >= 0.6 is 0 Å². The second-order valence-corrected chi connectivity index (χ2v) is 8.40. The summed E-state index contributed by atoms with van der Waals surface area (Å²) in [7, 11) is 0. The first-order chi connectivity index (χ1) is 12.7. The van der Waals surface area contributed by atoms with Crippen LogP contribution in [-0.2, 0) is 13.0 Å². The quantitative estimate of drug-likeness (QED) is 0.201. The monoisotopic (exact) mass is 363 g/mol. The van der Waals surface area contributed by atoms with Gasteiger partial charge in [0.2, 0.25) is 0 Å². The number of rotatable bonds is 17. The van der Waals surface area contributed by atoms with Crippen molar-refractivity contribution in [3.8, 4) is 0 Å². The smallest absolute Gasteiger partial charge is 0.234 e. The number of nitrogens with zero attached hydrogens (tertiary/aromatic N) is 2. The molecule has 2 nitrogen and oxygen atoms in total. The molecule has 152 valence electrons. The summed E-state index contributed by atoms with van der Waals surface area (Å²) >= 11 is 0. The van der Waals surface area contributed by atoms with Crippen LogP contribution in [-0.4, -0.2) is 4.57 Å². The van der Waals surface area contributed by atoms with E-state index in [2.05, 4.69) is 49.2 Å². The van der Waals surface area contributed by atoms with Crippen LogP contribution in [0, 0.1) is 0 Å². The molecule has 1 heterocycles. The lowest BCUT2D eigenvalue weighted by Crippen LogP contribution is -2.37. The van der Waals surface area contributed by atoms with Gasteiger partial charge < -0.3 is 0 Å². The van der Waals surface area contributed by atoms with E-state index in [-0.39, 0.29) is 0 Å². The average Bonchev–Trinajstić information content (AvgIpc) is 3.03. The molecular formula is C24H47N2+. The van der Waals surface area contributed by atoms with Crippen molar-refractivity contribution >= 4 is 0 Å². The molecule has 0 saturated carbocycles. The summed E-state index contributed by atoms with van der Waals surface area (Å²) in [6.07, 6.45) is 25.4. The molecule has 0 spiro atoms. The average molecular weight is 364 g/mol. The number of aryl methyl sites for hydroxylation is 1. The minimum Gasteiger partial charge on any atom is -0.234 e. The standard InChI is InChI=1S/C24H47N2/c1-5-7-9-11-12-13-14-16-18-20-25-21-22-26(23(3)4)24(25)19-17-15-10-8-6-2/h21-23H,5-20H2,1-4H3/q+1. The molecule has 0 aliphatic rings. The van der Waals surface area contributed by atoms with Gasteiger partial charge in [0.1, 0.15) is 12.4 Å². The number of imidazole rings is 1. The van der Waals surface area contributed by atoms with Gasteiger partial charge in [-0.1, -0.05) is 84.5 Å². The lowest BCUT2D eigenvalue weighted by Gasteiger charge is -2.08. The van der Waals surface area contributed by atoms with Crippen LogP contribution in [0.25, 0.3) is 0 Å². The summed E-state index contributed by atoms with van der Waals surface area (Å²) in [6.45, 7) is 10.4. The van der Waals surface area contributed by atoms with Crippen molar-refractivity contribution in [1.29, 1.82) is 0 Å². The Morgan fingerprint density at radius 2 is 1.23 bits per heavy atom. The van der Waals surface area contributed by atoms with Crippen molar-refractivity contribution in [2.45, 2.75) is 137 Å². The van der Waals surface area contributed by atoms with Crippen molar-refractivity contribution < 1.29 is 4.57 Å². The molecule has 0 unspecified atom stereocenters. The maximum atomic E-state index is 2.54. The highest BCUT2D eigenvalue weighted by Gasteiger charge is 2.18. The van der Waals surface area contributed by atoms with E-state index in [0.717, 1.165) is 0 Å². The molecule has 0 bridgehead atoms. The normalized spacial score (nSPS) is 11.6. The molecule has 0 fully saturated rings. The third-order valence-electron chi connectivity index (χ3n) is 5.60. The minimum absolute atomic E-state index is 0.574. The third-order valence-corrected chi connectivity index (χ3v) is 5.60. The van der Waals surface area contributed by atoms with Gasteiger partial charge in [0, 0.05) is 6.42 Å². The zero-order chi connectivity index (χ0) is 19.0. The van der Waals surface area contributed by atoms with Crippen LogP contribution < -0.4 is 4.57 Å². The van der Waals surface area contributed by atoms with E-state index in [1.807, 2.05) is 0 Å². The third kappa shape index (κ3) is 9.78. The summed E-state index contributed by atoms with van der Waals surface area (Å²) in [5.41, 5.74) is 0. The van der Waals surface area contributed by atoms with Crippen LogP contribution in [0.4, 0.5) is 0 Å². The minimum atomic E-state index is 0.574. The Balaban J connectivity index is 2.29. The van der Waals surface area contributed by atoms with E-state index in [1.54, 1.807) is 5.82 Å². The van der Waals surface area contributed by atoms with Gasteiger partial charge in [-0.3, -0.25) is 0 Å². The lowest BCUT2D eigenvalue weighted by atomic mass is 10.1. The van der Waals surface area contributed by atoms with Crippen LogP contribution in [0.1, 0.15) is 129 Å². The molecule has 0 N–H and O–H groups in total. The number of aromatic nitrogens is 2. The fraction of sp³-hybridized carbons (Fsp3) is 0.875. The Morgan fingerprint density at radius 3 is 1.77 bits per heavy atom. The molecule has 2 heteroatoms. The first-order valence-corrected chi connectivity index (χ1v) is 11.8. The van der Waals surface area contributed by atoms with E-state index in [1.165, 1.54) is 103 Å². The van der Waals surface area contributed by atoms with Crippen LogP contribution in [0.5, 0.6) is 0 Å². The zero-order valence-corrected chi connectivity index (χ0v) is 18.4. The largest absolute Gasteiger partial charge is 0.256 e. The highest BCUT2D eigenvalue weighted by molar-refractivity contribution is 4.86. The summed E-state index contributed by atoms with van der Waals surface area (Å²) in [5.74, 6) is 1.55. The highest BCUT2D eigenvalue weighted by atomic mass is 15.2. The molecule has 0 atom stereocenters. The second kappa shape index (κ2) is 15.3. The maximum Gasteiger partial charge on any atom is 0.256 e. The van der Waals surface area contributed by atoms with Gasteiger partial charge in [-0.2, -0.15) is 0 Å². The van der Waals surface area contributed by atoms with Crippen molar-refractivity contribution in [1.82, 2.24) is 4.57 Å². The molecule has 1 aromatic heterocycles. The molecule has 0 saturated heterocycles. The van der Waals surface area contributed by atoms with Crippen LogP contribution in [0.3, 0.4) is 0 Å². The SMILES string of the molecule is CCCCCCCCCCC[n+]1ccn(C(C)C)c1CCCCCCC. The van der Waals surface area contributed by atoms with Gasteiger partial charge in [-0.05, 0) is 33.1 Å². The predicted octanol–water partition coefficient (Wildman–Crippen LogP) is 7.40. The Morgan fingerprint density at radius 1 is 0.731 bits per heavy atom. The van der Waals surface area contributed by atoms with Gasteiger partial charge in [0.25, 0.3) is 5.82 Å². The topological polar surface area (TPSA) is 8.81 Å². The summed E-state index contributed by atoms with van der Waals surface area (Å²) in [6, 6.07) is 0.574. The first-order valence-electron chi connectivity index (χ1n) is 11.8. The van der Waals surface area contributed by atoms with Gasteiger partial charge in [0.05, 0.1) is 12.6 Å². The fourth-order valence-corrected chi connectivity index (χ4v) is 3.90. The van der Waals surface area contributed by atoms with Gasteiger partial charge in [0.15, 0.2) is 0 Å². The van der Waals surface area contributed by atoms with E-state index in [0.29, 0.717) is 6.04 Å². The van der Waals surface area contributed by atoms with Gasteiger partial charge in [-0.15, -0.1) is 0 Å². The van der Waals surface area contributed by atoms with E-state index in [4.69, 9.17) is 0 Å². The Kier molecular flexibility index (Phi) is 13.7. The fourth-order valence-electron chi connectivity index (χ4n) is 3.90. The van der Waals surface area contributed by atoms with Crippen molar-refractivity contribution in [3.05, 3.63) is 18.2 Å². The summed E-state index contributed by atoms with van der Waals surface area (Å²) in [4.78, 5) is 0. The van der Waals surface area contributed by atoms with Crippen molar-refractivity contribution in [3.63, 3.8) is 0 Å². The molecule has 1 rings (SSSR count). The van der Waals surface area contributed by atoms with Gasteiger partial charge >= 0.3 is 0 Å². The van der Waals surface area contributed by atoms with Crippen LogP contribution in [0.2, 0.25) is 0 Å². The Bertz CT molecular complexity index is 433. The van der Waals surface area contributed by atoms with E-state index >= 15 is 0 Å². The molecule has 0 amide bonds. The van der Waals surface area contributed by atoms with E-state index in [9.17, 15) is 0 Å². The van der Waals surface area contributed by atoms with E-state index < -0.39 is 0 Å². The predicted molar refractivity (Wildman–Crippen MR) is 115 cm³/mol. The number of hydrogen-bond acceptors (Lipinski definition) is 0. The molecule has 0 aliphatic carbocycles. The molecule has 1 aromatic rings. The molecule has 0 aliphatic heterocycles. The highest BCUT2D eigenvalue weighted by Crippen LogP contribution is 2.13. The first kappa shape index (κ1) is 23.2. The van der Waals surface area contributed by atoms with Crippen molar-refractivity contribution in [2.24, 2.45) is 0 Å². The maximum absolute atomic E-state index is 2.54. The Labute approximate surface area is 164 Å². The zero-order valence-electron chi connectivity index (χ0n) is 18.4. The van der Waals surface area contributed by atoms with Gasteiger partial charge in [-0.25, -0.2) is 9.13 Å². The molecular weight excluding hydrogens is 316 g/mol. The summed E-state index contributed by atoms with van der Waals surface area (Å²) < 4.78 is 5.04. The number of hydrogen-bond donors (Lipinski definition) is 0. The molecule has 26 heavy (non-hydrogen) atoms.